The van der Waals surface area contributed by atoms with Crippen molar-refractivity contribution in [2.24, 2.45) is 0 Å². The second kappa shape index (κ2) is 6.42. The molecule has 1 aromatic rings. The van der Waals surface area contributed by atoms with E-state index < -0.39 is 11.3 Å². The standard InChI is InChI=1S/C12H17NO4S/c1-5-9-6-10(16-3)12(11(7-9)17-4)8(2)13-18(14)15/h6-7,13H,2,5H2,1,3-4H3,(H,14,15)/p-1. The molecule has 1 atom stereocenters. The predicted molar refractivity (Wildman–Crippen MR) is 70.0 cm³/mol. The zero-order chi connectivity index (χ0) is 13.7. The summed E-state index contributed by atoms with van der Waals surface area (Å²) in [7, 11) is 3.03. The van der Waals surface area contributed by atoms with Crippen molar-refractivity contribution in [3.8, 4) is 11.5 Å². The van der Waals surface area contributed by atoms with Crippen LogP contribution < -0.4 is 14.2 Å². The van der Waals surface area contributed by atoms with Crippen molar-refractivity contribution < 1.29 is 18.2 Å². The van der Waals surface area contributed by atoms with E-state index in [4.69, 9.17) is 9.47 Å². The molecule has 0 spiro atoms. The number of ether oxygens (including phenoxy) is 2. The van der Waals surface area contributed by atoms with Crippen molar-refractivity contribution in [3.05, 3.63) is 29.8 Å². The van der Waals surface area contributed by atoms with Crippen LogP contribution in [0.25, 0.3) is 5.70 Å². The van der Waals surface area contributed by atoms with Crippen LogP contribution in [0.2, 0.25) is 0 Å². The van der Waals surface area contributed by atoms with Gasteiger partial charge < -0.3 is 18.7 Å². The van der Waals surface area contributed by atoms with E-state index in [9.17, 15) is 8.76 Å². The molecule has 5 nitrogen and oxygen atoms in total. The predicted octanol–water partition coefficient (Wildman–Crippen LogP) is 1.62. The van der Waals surface area contributed by atoms with E-state index >= 15 is 0 Å². The normalized spacial score (nSPS) is 11.8. The summed E-state index contributed by atoms with van der Waals surface area (Å²) in [5.74, 6) is 1.04. The number of aryl methyl sites for hydroxylation is 1. The van der Waals surface area contributed by atoms with Gasteiger partial charge in [0.2, 0.25) is 0 Å². The third-order valence-electron chi connectivity index (χ3n) is 2.48. The lowest BCUT2D eigenvalue weighted by molar-refractivity contribution is 0.391. The van der Waals surface area contributed by atoms with Crippen LogP contribution in [0.15, 0.2) is 18.7 Å². The molecule has 0 aliphatic carbocycles. The second-order valence-corrected chi connectivity index (χ2v) is 4.22. The molecule has 6 heteroatoms. The minimum absolute atomic E-state index is 0.208. The Labute approximate surface area is 109 Å². The SMILES string of the molecule is C=C(NS(=O)[O-])c1c(OC)cc(CC)cc1OC. The molecular weight excluding hydrogens is 254 g/mol. The van der Waals surface area contributed by atoms with Crippen LogP contribution in [0.1, 0.15) is 18.1 Å². The number of hydrogen-bond donors (Lipinski definition) is 1. The zero-order valence-electron chi connectivity index (χ0n) is 10.6. The first-order valence-corrected chi connectivity index (χ1v) is 6.41. The quantitative estimate of drug-likeness (QED) is 0.797. The van der Waals surface area contributed by atoms with Crippen LogP contribution in [0.3, 0.4) is 0 Å². The van der Waals surface area contributed by atoms with Gasteiger partial charge >= 0.3 is 0 Å². The average Bonchev–Trinajstić information content (AvgIpc) is 2.35. The summed E-state index contributed by atoms with van der Waals surface area (Å²) in [6.07, 6.45) is 0.820. The molecule has 0 amide bonds. The van der Waals surface area contributed by atoms with Crippen LogP contribution in [-0.4, -0.2) is 23.0 Å². The number of rotatable bonds is 6. The fraction of sp³-hybridized carbons (Fsp3) is 0.333. The van der Waals surface area contributed by atoms with Gasteiger partial charge in [-0.25, -0.2) is 0 Å². The minimum Gasteiger partial charge on any atom is -0.755 e. The summed E-state index contributed by atoms with van der Waals surface area (Å²) in [6, 6.07) is 3.66. The Morgan fingerprint density at radius 3 is 2.22 bits per heavy atom. The van der Waals surface area contributed by atoms with Gasteiger partial charge in [-0.1, -0.05) is 13.5 Å². The summed E-state index contributed by atoms with van der Waals surface area (Å²) in [5, 5.41) is 0. The van der Waals surface area contributed by atoms with Crippen LogP contribution in [0, 0.1) is 0 Å². The van der Waals surface area contributed by atoms with E-state index in [1.807, 2.05) is 19.1 Å². The van der Waals surface area contributed by atoms with Gasteiger partial charge in [-0.15, -0.1) is 0 Å². The Bertz CT molecular complexity index is 448. The molecule has 18 heavy (non-hydrogen) atoms. The molecule has 0 fully saturated rings. The van der Waals surface area contributed by atoms with E-state index in [1.165, 1.54) is 14.2 Å². The molecule has 0 saturated carbocycles. The Kier molecular flexibility index (Phi) is 5.18. The molecule has 1 unspecified atom stereocenters. The first-order chi connectivity index (χ1) is 8.53. The maximum Gasteiger partial charge on any atom is 0.132 e. The summed E-state index contributed by atoms with van der Waals surface area (Å²) < 4.78 is 34.0. The van der Waals surface area contributed by atoms with Crippen molar-refractivity contribution >= 4 is 17.0 Å². The second-order valence-electron chi connectivity index (χ2n) is 3.54. The van der Waals surface area contributed by atoms with Gasteiger partial charge in [-0.05, 0) is 24.1 Å². The average molecular weight is 270 g/mol. The highest BCUT2D eigenvalue weighted by atomic mass is 32.2. The highest BCUT2D eigenvalue weighted by molar-refractivity contribution is 7.77. The third-order valence-corrected chi connectivity index (χ3v) is 2.90. The molecule has 0 radical (unpaired) electrons. The van der Waals surface area contributed by atoms with Gasteiger partial charge in [0.25, 0.3) is 0 Å². The third kappa shape index (κ3) is 3.24. The van der Waals surface area contributed by atoms with Crippen molar-refractivity contribution in [1.29, 1.82) is 0 Å². The van der Waals surface area contributed by atoms with Gasteiger partial charge in [0.1, 0.15) is 11.5 Å². The lowest BCUT2D eigenvalue weighted by Crippen LogP contribution is -2.15. The summed E-state index contributed by atoms with van der Waals surface area (Å²) in [5.41, 5.74) is 1.74. The highest BCUT2D eigenvalue weighted by Gasteiger charge is 2.15. The van der Waals surface area contributed by atoms with Crippen LogP contribution in [-0.2, 0) is 17.7 Å². The molecule has 0 bridgehead atoms. The Hall–Kier alpha value is -1.53. The van der Waals surface area contributed by atoms with Gasteiger partial charge in [0, 0.05) is 11.3 Å². The molecule has 1 rings (SSSR count). The lowest BCUT2D eigenvalue weighted by atomic mass is 10.1. The summed E-state index contributed by atoms with van der Waals surface area (Å²) in [6.45, 7) is 5.68. The lowest BCUT2D eigenvalue weighted by Gasteiger charge is -2.18. The summed E-state index contributed by atoms with van der Waals surface area (Å²) >= 11 is -2.43. The summed E-state index contributed by atoms with van der Waals surface area (Å²) in [4.78, 5) is 0. The highest BCUT2D eigenvalue weighted by Crippen LogP contribution is 2.34. The monoisotopic (exact) mass is 270 g/mol. The van der Waals surface area contributed by atoms with E-state index in [1.54, 1.807) is 0 Å². The van der Waals surface area contributed by atoms with Gasteiger partial charge in [-0.3, -0.25) is 4.21 Å². The Morgan fingerprint density at radius 2 is 1.89 bits per heavy atom. The maximum absolute atomic E-state index is 10.7. The van der Waals surface area contributed by atoms with Crippen LogP contribution in [0.5, 0.6) is 11.5 Å². The first kappa shape index (κ1) is 14.5. The fourth-order valence-corrected chi connectivity index (χ4v) is 1.92. The number of hydrogen-bond acceptors (Lipinski definition) is 4. The molecule has 1 N–H and O–H groups in total. The maximum atomic E-state index is 10.7. The number of nitrogens with one attached hydrogen (secondary N) is 1. The number of benzene rings is 1. The largest absolute Gasteiger partial charge is 0.755 e. The molecule has 0 heterocycles. The molecule has 100 valence electrons. The first-order valence-electron chi connectivity index (χ1n) is 5.33. The van der Waals surface area contributed by atoms with Gasteiger partial charge in [-0.2, -0.15) is 0 Å². The Balaban J connectivity index is 3.30. The van der Waals surface area contributed by atoms with Gasteiger partial charge in [0.15, 0.2) is 0 Å². The van der Waals surface area contributed by atoms with E-state index in [-0.39, 0.29) is 5.70 Å². The fourth-order valence-electron chi connectivity index (χ4n) is 1.62. The molecular formula is C12H16NO4S-. The van der Waals surface area contributed by atoms with Crippen LogP contribution >= 0.6 is 0 Å². The van der Waals surface area contributed by atoms with Crippen molar-refractivity contribution in [3.63, 3.8) is 0 Å². The minimum atomic E-state index is -2.43. The Morgan fingerprint density at radius 1 is 1.39 bits per heavy atom. The topological polar surface area (TPSA) is 70.6 Å². The number of methoxy groups -OCH3 is 2. The molecule has 0 aromatic heterocycles. The van der Waals surface area contributed by atoms with Crippen molar-refractivity contribution in [2.75, 3.05) is 14.2 Å². The van der Waals surface area contributed by atoms with Crippen molar-refractivity contribution in [2.45, 2.75) is 13.3 Å². The van der Waals surface area contributed by atoms with E-state index in [0.717, 1.165) is 12.0 Å². The zero-order valence-corrected chi connectivity index (χ0v) is 11.4. The molecule has 0 aliphatic heterocycles. The molecule has 0 saturated heterocycles. The smallest absolute Gasteiger partial charge is 0.132 e. The molecule has 1 aromatic carbocycles. The molecule has 0 aliphatic rings. The van der Waals surface area contributed by atoms with Gasteiger partial charge in [0.05, 0.1) is 25.5 Å². The van der Waals surface area contributed by atoms with E-state index in [0.29, 0.717) is 17.1 Å². The van der Waals surface area contributed by atoms with Crippen LogP contribution in [0.4, 0.5) is 0 Å². The van der Waals surface area contributed by atoms with E-state index in [2.05, 4.69) is 11.3 Å². The van der Waals surface area contributed by atoms with Crippen molar-refractivity contribution in [1.82, 2.24) is 4.72 Å².